The summed E-state index contributed by atoms with van der Waals surface area (Å²) in [5.41, 5.74) is 1.47. The van der Waals surface area contributed by atoms with Crippen molar-refractivity contribution in [1.29, 1.82) is 0 Å². The second-order valence-electron chi connectivity index (χ2n) is 7.09. The van der Waals surface area contributed by atoms with Crippen molar-refractivity contribution in [3.05, 3.63) is 71.3 Å². The summed E-state index contributed by atoms with van der Waals surface area (Å²) < 4.78 is 45.1. The minimum atomic E-state index is -4.41. The van der Waals surface area contributed by atoms with Gasteiger partial charge in [-0.25, -0.2) is 4.79 Å². The normalized spacial score (nSPS) is 16.0. The van der Waals surface area contributed by atoms with Crippen molar-refractivity contribution in [2.45, 2.75) is 38.5 Å². The number of rotatable bonds is 3. The Labute approximate surface area is 150 Å². The number of carbonyl (C=O) groups excluding carboxylic acids is 1. The first-order chi connectivity index (χ1) is 12.0. The number of carbonyl (C=O) groups is 1. The Morgan fingerprint density at radius 3 is 2.27 bits per heavy atom. The van der Waals surface area contributed by atoms with E-state index < -0.39 is 23.3 Å². The average Bonchev–Trinajstić information content (AvgIpc) is 2.88. The Bertz CT molecular complexity index is 894. The van der Waals surface area contributed by atoms with E-state index in [1.807, 2.05) is 12.1 Å². The van der Waals surface area contributed by atoms with E-state index in [-0.39, 0.29) is 11.5 Å². The van der Waals surface area contributed by atoms with E-state index in [1.165, 1.54) is 12.1 Å². The molecule has 2 aromatic carbocycles. The molecule has 2 nitrogen and oxygen atoms in total. The van der Waals surface area contributed by atoms with Crippen LogP contribution in [0.3, 0.4) is 0 Å². The van der Waals surface area contributed by atoms with Crippen molar-refractivity contribution in [2.75, 3.05) is 0 Å². The van der Waals surface area contributed by atoms with Crippen LogP contribution in [0.25, 0.3) is 11.1 Å². The molecule has 2 aromatic rings. The van der Waals surface area contributed by atoms with Crippen molar-refractivity contribution in [3.8, 4) is 11.1 Å². The summed E-state index contributed by atoms with van der Waals surface area (Å²) in [5.74, 6) is -0.882. The Hall–Kier alpha value is -2.56. The summed E-state index contributed by atoms with van der Waals surface area (Å²) in [6.07, 6.45) is -4.41. The third-order valence-corrected chi connectivity index (χ3v) is 4.65. The average molecular weight is 360 g/mol. The second-order valence-corrected chi connectivity index (χ2v) is 7.09. The quantitative estimate of drug-likeness (QED) is 0.517. The van der Waals surface area contributed by atoms with Gasteiger partial charge in [-0.15, -0.1) is 0 Å². The van der Waals surface area contributed by atoms with Crippen LogP contribution in [0.5, 0.6) is 0 Å². The predicted octanol–water partition coefficient (Wildman–Crippen LogP) is 5.72. The SMILES string of the molecule is C=C(C)C(=O)OC(C)(C)C1c2ccccc2-c2cc(C(F)(F)F)ccc21. The van der Waals surface area contributed by atoms with Gasteiger partial charge in [0.15, 0.2) is 0 Å². The largest absolute Gasteiger partial charge is 0.455 e. The van der Waals surface area contributed by atoms with Gasteiger partial charge in [-0.3, -0.25) is 0 Å². The molecule has 3 rings (SSSR count). The van der Waals surface area contributed by atoms with Gasteiger partial charge in [0.05, 0.1) is 5.56 Å². The van der Waals surface area contributed by atoms with Crippen LogP contribution in [0.4, 0.5) is 13.2 Å². The number of benzene rings is 2. The Kier molecular flexibility index (Phi) is 4.21. The molecule has 0 N–H and O–H groups in total. The van der Waals surface area contributed by atoms with Crippen molar-refractivity contribution >= 4 is 5.97 Å². The zero-order chi connectivity index (χ0) is 19.3. The Balaban J connectivity index is 2.15. The number of esters is 1. The van der Waals surface area contributed by atoms with Crippen LogP contribution >= 0.6 is 0 Å². The van der Waals surface area contributed by atoms with Gasteiger partial charge in [0.2, 0.25) is 0 Å². The molecule has 0 bridgehead atoms. The first-order valence-corrected chi connectivity index (χ1v) is 8.21. The standard InChI is InChI=1S/C21H19F3O2/c1-12(2)19(25)26-20(3,4)18-15-8-6-5-7-14(15)17-11-13(21(22,23)24)9-10-16(17)18/h5-11,18H,1H2,2-4H3. The maximum atomic E-state index is 13.1. The lowest BCUT2D eigenvalue weighted by atomic mass is 9.82. The molecule has 0 aromatic heterocycles. The Morgan fingerprint density at radius 2 is 1.65 bits per heavy atom. The van der Waals surface area contributed by atoms with E-state index in [0.717, 1.165) is 22.8 Å². The number of alkyl halides is 3. The van der Waals surface area contributed by atoms with Gasteiger partial charge in [-0.1, -0.05) is 36.9 Å². The molecule has 5 heteroatoms. The summed E-state index contributed by atoms with van der Waals surface area (Å²) >= 11 is 0. The van der Waals surface area contributed by atoms with Crippen molar-refractivity contribution in [1.82, 2.24) is 0 Å². The fourth-order valence-electron chi connectivity index (χ4n) is 3.51. The highest BCUT2D eigenvalue weighted by Gasteiger charge is 2.43. The van der Waals surface area contributed by atoms with E-state index in [0.29, 0.717) is 5.56 Å². The first-order valence-electron chi connectivity index (χ1n) is 8.21. The molecule has 0 fully saturated rings. The minimum Gasteiger partial charge on any atom is -0.455 e. The number of ether oxygens (including phenoxy) is 1. The summed E-state index contributed by atoms with van der Waals surface area (Å²) in [6, 6.07) is 11.0. The van der Waals surface area contributed by atoms with Crippen LogP contribution in [0.1, 0.15) is 43.4 Å². The van der Waals surface area contributed by atoms with Gasteiger partial charge < -0.3 is 4.74 Å². The molecule has 0 heterocycles. The maximum absolute atomic E-state index is 13.1. The van der Waals surface area contributed by atoms with Crippen LogP contribution in [0.2, 0.25) is 0 Å². The van der Waals surface area contributed by atoms with Crippen molar-refractivity contribution in [2.24, 2.45) is 0 Å². The molecular formula is C21H19F3O2. The molecule has 1 aliphatic rings. The number of halogens is 3. The summed E-state index contributed by atoms with van der Waals surface area (Å²) in [6.45, 7) is 8.69. The highest BCUT2D eigenvalue weighted by Crippen LogP contribution is 2.51. The monoisotopic (exact) mass is 360 g/mol. The summed E-state index contributed by atoms with van der Waals surface area (Å²) in [5, 5.41) is 0. The molecular weight excluding hydrogens is 341 g/mol. The number of hydrogen-bond donors (Lipinski definition) is 0. The van der Waals surface area contributed by atoms with Gasteiger partial charge in [0.25, 0.3) is 0 Å². The molecule has 0 saturated carbocycles. The van der Waals surface area contributed by atoms with Gasteiger partial charge in [0.1, 0.15) is 5.60 Å². The van der Waals surface area contributed by atoms with Gasteiger partial charge in [-0.05, 0) is 55.2 Å². The molecule has 1 aliphatic carbocycles. The van der Waals surface area contributed by atoms with Crippen LogP contribution in [0, 0.1) is 0 Å². The minimum absolute atomic E-state index is 0.275. The highest BCUT2D eigenvalue weighted by molar-refractivity contribution is 5.88. The van der Waals surface area contributed by atoms with E-state index in [9.17, 15) is 18.0 Å². The van der Waals surface area contributed by atoms with Crippen LogP contribution in [0.15, 0.2) is 54.6 Å². The Morgan fingerprint density at radius 1 is 1.04 bits per heavy atom. The summed E-state index contributed by atoms with van der Waals surface area (Å²) in [7, 11) is 0. The molecule has 1 atom stereocenters. The lowest BCUT2D eigenvalue weighted by Crippen LogP contribution is -2.35. The van der Waals surface area contributed by atoms with Crippen LogP contribution in [-0.2, 0) is 15.7 Å². The molecule has 0 saturated heterocycles. The van der Waals surface area contributed by atoms with E-state index >= 15 is 0 Å². The molecule has 0 amide bonds. The lowest BCUT2D eigenvalue weighted by molar-refractivity contribution is -0.152. The van der Waals surface area contributed by atoms with Crippen molar-refractivity contribution < 1.29 is 22.7 Å². The van der Waals surface area contributed by atoms with Crippen LogP contribution in [-0.4, -0.2) is 11.6 Å². The number of fused-ring (bicyclic) bond motifs is 3. The molecule has 0 spiro atoms. The molecule has 26 heavy (non-hydrogen) atoms. The topological polar surface area (TPSA) is 26.3 Å². The van der Waals surface area contributed by atoms with E-state index in [1.54, 1.807) is 32.9 Å². The smallest absolute Gasteiger partial charge is 0.416 e. The zero-order valence-electron chi connectivity index (χ0n) is 14.8. The fraction of sp³-hybridized carbons (Fsp3) is 0.286. The lowest BCUT2D eigenvalue weighted by Gasteiger charge is -2.33. The summed E-state index contributed by atoms with van der Waals surface area (Å²) in [4.78, 5) is 12.1. The molecule has 0 aliphatic heterocycles. The molecule has 136 valence electrons. The van der Waals surface area contributed by atoms with Gasteiger partial charge in [0, 0.05) is 11.5 Å². The van der Waals surface area contributed by atoms with E-state index in [2.05, 4.69) is 6.58 Å². The van der Waals surface area contributed by atoms with Crippen molar-refractivity contribution in [3.63, 3.8) is 0 Å². The third-order valence-electron chi connectivity index (χ3n) is 4.65. The fourth-order valence-corrected chi connectivity index (χ4v) is 3.51. The maximum Gasteiger partial charge on any atom is 0.416 e. The first kappa shape index (κ1) is 18.2. The van der Waals surface area contributed by atoms with E-state index in [4.69, 9.17) is 4.74 Å². The third kappa shape index (κ3) is 3.02. The van der Waals surface area contributed by atoms with Crippen LogP contribution < -0.4 is 0 Å². The van der Waals surface area contributed by atoms with Gasteiger partial charge in [-0.2, -0.15) is 13.2 Å². The number of hydrogen-bond acceptors (Lipinski definition) is 2. The zero-order valence-corrected chi connectivity index (χ0v) is 14.8. The molecule has 1 unspecified atom stereocenters. The highest BCUT2D eigenvalue weighted by atomic mass is 19.4. The predicted molar refractivity (Wildman–Crippen MR) is 93.7 cm³/mol. The van der Waals surface area contributed by atoms with Gasteiger partial charge >= 0.3 is 12.1 Å². The second kappa shape index (κ2) is 6.01. The molecule has 0 radical (unpaired) electrons.